The Hall–Kier alpha value is -2.40. The van der Waals surface area contributed by atoms with E-state index in [2.05, 4.69) is 10.6 Å². The van der Waals surface area contributed by atoms with Crippen LogP contribution in [-0.2, 0) is 20.2 Å². The first-order valence-corrected chi connectivity index (χ1v) is 9.54. The van der Waals surface area contributed by atoms with Gasteiger partial charge in [-0.15, -0.1) is 0 Å². The van der Waals surface area contributed by atoms with Crippen molar-refractivity contribution >= 4 is 55.1 Å². The summed E-state index contributed by atoms with van der Waals surface area (Å²) in [5.41, 5.74) is 3.04. The van der Waals surface area contributed by atoms with E-state index in [0.29, 0.717) is 11.4 Å². The number of hydrogen-bond donors (Lipinski definition) is 4. The fourth-order valence-electron chi connectivity index (χ4n) is 2.45. The van der Waals surface area contributed by atoms with E-state index in [0.717, 1.165) is 11.4 Å². The van der Waals surface area contributed by atoms with Gasteiger partial charge >= 0.3 is 0 Å². The molecule has 0 saturated carbocycles. The normalized spacial score (nSPS) is 14.6. The third-order valence-corrected chi connectivity index (χ3v) is 5.53. The molecule has 0 fully saturated rings. The van der Waals surface area contributed by atoms with Gasteiger partial charge in [-0.3, -0.25) is 9.11 Å². The predicted molar refractivity (Wildman–Crippen MR) is 88.0 cm³/mol. The first kappa shape index (κ1) is 15.1. The Kier molecular flexibility index (Phi) is 2.89. The molecular formula is C14H10N2O6S2. The third kappa shape index (κ3) is 2.65. The van der Waals surface area contributed by atoms with Crippen LogP contribution in [0, 0.1) is 0 Å². The summed E-state index contributed by atoms with van der Waals surface area (Å²) in [6.45, 7) is 0. The molecule has 0 aliphatic carbocycles. The van der Waals surface area contributed by atoms with Gasteiger partial charge in [0.05, 0.1) is 22.7 Å². The molecule has 2 aromatic rings. The lowest BCUT2D eigenvalue weighted by Gasteiger charge is -2.03. The molecule has 10 heteroatoms. The van der Waals surface area contributed by atoms with Crippen molar-refractivity contribution < 1.29 is 25.9 Å². The second kappa shape index (κ2) is 4.57. The number of hydrogen-bond acceptors (Lipinski definition) is 6. The van der Waals surface area contributed by atoms with Crippen LogP contribution >= 0.6 is 0 Å². The Morgan fingerprint density at radius 1 is 0.667 bits per heavy atom. The number of rotatable bonds is 4. The Labute approximate surface area is 137 Å². The maximum Gasteiger partial charge on any atom is 0.295 e. The molecular weight excluding hydrogens is 356 g/mol. The van der Waals surface area contributed by atoms with Crippen molar-refractivity contribution in [3.63, 3.8) is 0 Å². The average molecular weight is 366 g/mol. The molecule has 2 heterocycles. The van der Waals surface area contributed by atoms with Gasteiger partial charge in [-0.1, -0.05) is 12.2 Å². The molecule has 2 aliphatic heterocycles. The molecule has 0 saturated heterocycles. The maximum atomic E-state index is 11.5. The van der Waals surface area contributed by atoms with Crippen LogP contribution in [0.1, 0.15) is 11.1 Å². The summed E-state index contributed by atoms with van der Waals surface area (Å²) in [7, 11) is -8.87. The van der Waals surface area contributed by atoms with E-state index in [1.54, 1.807) is 0 Å². The van der Waals surface area contributed by atoms with Crippen LogP contribution < -0.4 is 10.6 Å². The van der Waals surface area contributed by atoms with E-state index in [1.165, 1.54) is 36.4 Å². The molecule has 24 heavy (non-hydrogen) atoms. The van der Waals surface area contributed by atoms with Gasteiger partial charge in [0, 0.05) is 0 Å². The molecule has 4 rings (SSSR count). The van der Waals surface area contributed by atoms with Crippen LogP contribution in [0.4, 0.5) is 22.7 Å². The summed E-state index contributed by atoms with van der Waals surface area (Å²) in [5.74, 6) is 0. The van der Waals surface area contributed by atoms with Crippen molar-refractivity contribution in [1.29, 1.82) is 0 Å². The van der Waals surface area contributed by atoms with E-state index in [1.807, 2.05) is 0 Å². The minimum atomic E-state index is -4.43. The summed E-state index contributed by atoms with van der Waals surface area (Å²) >= 11 is 0. The number of fused-ring (bicyclic) bond motifs is 2. The summed E-state index contributed by atoms with van der Waals surface area (Å²) in [6, 6.07) is 5.63. The second-order valence-corrected chi connectivity index (χ2v) is 8.18. The van der Waals surface area contributed by atoms with Crippen LogP contribution in [0.25, 0.3) is 12.2 Å². The Balaban J connectivity index is 1.82. The average Bonchev–Trinajstić information content (AvgIpc) is 3.34. The Morgan fingerprint density at radius 3 is 1.33 bits per heavy atom. The third-order valence-electron chi connectivity index (χ3n) is 3.71. The maximum absolute atomic E-state index is 11.5. The molecule has 0 spiro atoms. The van der Waals surface area contributed by atoms with E-state index in [9.17, 15) is 25.9 Å². The lowest BCUT2D eigenvalue weighted by Crippen LogP contribution is -2.00. The van der Waals surface area contributed by atoms with Gasteiger partial charge in [0.15, 0.2) is 0 Å². The van der Waals surface area contributed by atoms with Crippen molar-refractivity contribution in [3.8, 4) is 0 Å². The highest BCUT2D eigenvalue weighted by Gasteiger charge is 2.25. The molecule has 0 unspecified atom stereocenters. The minimum Gasteiger partial charge on any atom is -0.352 e. The van der Waals surface area contributed by atoms with Crippen LogP contribution in [0.3, 0.4) is 0 Å². The highest BCUT2D eigenvalue weighted by molar-refractivity contribution is 7.86. The van der Waals surface area contributed by atoms with E-state index >= 15 is 0 Å². The van der Waals surface area contributed by atoms with Gasteiger partial charge in [-0.25, -0.2) is 0 Å². The van der Waals surface area contributed by atoms with Gasteiger partial charge in [0.25, 0.3) is 20.2 Å². The van der Waals surface area contributed by atoms with Gasteiger partial charge in [-0.2, -0.15) is 16.8 Å². The van der Waals surface area contributed by atoms with Crippen molar-refractivity contribution in [1.82, 2.24) is 0 Å². The monoisotopic (exact) mass is 366 g/mol. The molecule has 124 valence electrons. The van der Waals surface area contributed by atoms with Crippen molar-refractivity contribution in [3.05, 3.63) is 35.4 Å². The highest BCUT2D eigenvalue weighted by Crippen LogP contribution is 2.44. The van der Waals surface area contributed by atoms with Gasteiger partial charge in [-0.05, 0) is 35.4 Å². The first-order chi connectivity index (χ1) is 11.1. The number of benzene rings is 2. The van der Waals surface area contributed by atoms with Crippen LogP contribution in [0.15, 0.2) is 34.1 Å². The molecule has 2 aromatic carbocycles. The van der Waals surface area contributed by atoms with Gasteiger partial charge in [0.2, 0.25) is 0 Å². The molecule has 0 radical (unpaired) electrons. The second-order valence-electron chi connectivity index (χ2n) is 5.40. The van der Waals surface area contributed by atoms with Gasteiger partial charge in [0.1, 0.15) is 9.79 Å². The molecule has 4 N–H and O–H groups in total. The number of nitrogens with one attached hydrogen (secondary N) is 2. The quantitative estimate of drug-likeness (QED) is 0.244. The molecule has 0 aromatic heterocycles. The summed E-state index contributed by atoms with van der Waals surface area (Å²) in [6.07, 6.45) is 2.73. The smallest absolute Gasteiger partial charge is 0.295 e. The van der Waals surface area contributed by atoms with E-state index < -0.39 is 20.2 Å². The molecule has 0 bridgehead atoms. The van der Waals surface area contributed by atoms with Crippen LogP contribution in [-0.4, -0.2) is 25.9 Å². The molecule has 0 amide bonds. The zero-order valence-electron chi connectivity index (χ0n) is 11.8. The highest BCUT2D eigenvalue weighted by atomic mass is 32.2. The standard InChI is InChI=1S/C14H10N2O6S2/c17-23(18,19)13-5-11-9(15-11)3-7(13)1-2-8-4-10-12(16-10)6-14(8)24(20,21)22/h1-6,15-16H,(H,17,18,19)(H,20,21,22). The zero-order chi connectivity index (χ0) is 17.3. The van der Waals surface area contributed by atoms with Crippen LogP contribution in [0.2, 0.25) is 0 Å². The summed E-state index contributed by atoms with van der Waals surface area (Å²) < 4.78 is 64.5. The van der Waals surface area contributed by atoms with Gasteiger partial charge < -0.3 is 10.6 Å². The topological polar surface area (TPSA) is 153 Å². The van der Waals surface area contributed by atoms with Crippen molar-refractivity contribution in [2.75, 3.05) is 10.6 Å². The largest absolute Gasteiger partial charge is 0.352 e. The van der Waals surface area contributed by atoms with E-state index in [4.69, 9.17) is 0 Å². The predicted octanol–water partition coefficient (Wildman–Crippen LogP) is 2.46. The fourth-order valence-corrected chi connectivity index (χ4v) is 3.84. The Morgan fingerprint density at radius 2 is 1.00 bits per heavy atom. The molecule has 8 nitrogen and oxygen atoms in total. The fraction of sp³-hybridized carbons (Fsp3) is 0. The molecule has 2 aliphatic rings. The van der Waals surface area contributed by atoms with Crippen molar-refractivity contribution in [2.45, 2.75) is 9.79 Å². The number of anilines is 4. The molecule has 0 atom stereocenters. The lowest BCUT2D eigenvalue weighted by molar-refractivity contribution is 0.480. The Bertz CT molecular complexity index is 1060. The lowest BCUT2D eigenvalue weighted by atomic mass is 10.1. The SMILES string of the molecule is O=S(=O)(O)c1cc2c(cc1C=Cc1cc3c(cc1S(=O)(=O)O)N3)N2. The first-order valence-electron chi connectivity index (χ1n) is 6.66. The van der Waals surface area contributed by atoms with Crippen molar-refractivity contribution in [2.24, 2.45) is 0 Å². The summed E-state index contributed by atoms with van der Waals surface area (Å²) in [5, 5.41) is 5.68. The minimum absolute atomic E-state index is 0.195. The zero-order valence-corrected chi connectivity index (χ0v) is 13.4. The summed E-state index contributed by atoms with van der Waals surface area (Å²) in [4.78, 5) is -0.582. The van der Waals surface area contributed by atoms with Crippen LogP contribution in [0.5, 0.6) is 0 Å². The van der Waals surface area contributed by atoms with E-state index in [-0.39, 0.29) is 20.9 Å².